The Kier molecular flexibility index (Phi) is 17.7. The van der Waals surface area contributed by atoms with Gasteiger partial charge < -0.3 is 24.8 Å². The van der Waals surface area contributed by atoms with E-state index in [0.29, 0.717) is 6.61 Å². The lowest BCUT2D eigenvalue weighted by molar-refractivity contribution is -0.0938. The van der Waals surface area contributed by atoms with Crippen LogP contribution in [0.15, 0.2) is 12.2 Å². The second kappa shape index (κ2) is 19.2. The molecule has 0 aromatic carbocycles. The molecule has 0 bridgehead atoms. The van der Waals surface area contributed by atoms with E-state index < -0.39 is 24.4 Å². The number of rotatable bonds is 20. The number of hydrogen-bond donors (Lipinski definition) is 3. The van der Waals surface area contributed by atoms with Gasteiger partial charge in [0.15, 0.2) is 0 Å². The van der Waals surface area contributed by atoms with Gasteiger partial charge in [-0.05, 0) is 32.1 Å². The molecule has 0 aromatic heterocycles. The van der Waals surface area contributed by atoms with E-state index in [-0.39, 0.29) is 13.2 Å². The van der Waals surface area contributed by atoms with Gasteiger partial charge in [0.25, 0.3) is 0 Å². The lowest BCUT2D eigenvalue weighted by Crippen LogP contribution is -2.42. The van der Waals surface area contributed by atoms with Gasteiger partial charge >= 0.3 is 0 Å². The van der Waals surface area contributed by atoms with Crippen LogP contribution in [0, 0.1) is 0 Å². The second-order valence-corrected chi connectivity index (χ2v) is 8.74. The van der Waals surface area contributed by atoms with Crippen LogP contribution >= 0.6 is 0 Å². The fourth-order valence-corrected chi connectivity index (χ4v) is 4.00. The van der Waals surface area contributed by atoms with Crippen molar-refractivity contribution >= 4 is 0 Å². The number of unbranched alkanes of at least 4 members (excludes halogenated alkanes) is 13. The maximum absolute atomic E-state index is 9.90. The molecule has 178 valence electrons. The van der Waals surface area contributed by atoms with Crippen molar-refractivity contribution in [1.29, 1.82) is 0 Å². The van der Waals surface area contributed by atoms with Crippen molar-refractivity contribution in [2.24, 2.45) is 0 Å². The highest BCUT2D eigenvalue weighted by Crippen LogP contribution is 2.21. The molecule has 4 atom stereocenters. The van der Waals surface area contributed by atoms with E-state index in [0.717, 1.165) is 12.8 Å². The number of hydrogen-bond acceptors (Lipinski definition) is 5. The zero-order chi connectivity index (χ0) is 21.9. The van der Waals surface area contributed by atoms with E-state index in [2.05, 4.69) is 19.1 Å². The summed E-state index contributed by atoms with van der Waals surface area (Å²) in [4.78, 5) is 0. The molecule has 0 aromatic rings. The van der Waals surface area contributed by atoms with Crippen molar-refractivity contribution in [2.45, 2.75) is 128 Å². The van der Waals surface area contributed by atoms with Gasteiger partial charge in [0, 0.05) is 6.61 Å². The molecule has 0 saturated carbocycles. The minimum Gasteiger partial charge on any atom is -0.394 e. The molecule has 1 aliphatic heterocycles. The molecule has 3 N–H and O–H groups in total. The molecule has 1 rings (SSSR count). The van der Waals surface area contributed by atoms with E-state index in [4.69, 9.17) is 14.6 Å². The molecular weight excluding hydrogens is 380 g/mol. The van der Waals surface area contributed by atoms with E-state index in [9.17, 15) is 10.2 Å². The zero-order valence-electron chi connectivity index (χ0n) is 19.4. The minimum atomic E-state index is -1.00. The molecule has 5 heteroatoms. The Hall–Kier alpha value is -0.460. The fourth-order valence-electron chi connectivity index (χ4n) is 4.00. The minimum absolute atomic E-state index is 0.152. The first-order valence-electron chi connectivity index (χ1n) is 12.6. The normalized spacial score (nSPS) is 22.9. The van der Waals surface area contributed by atoms with Crippen molar-refractivity contribution in [1.82, 2.24) is 0 Å². The van der Waals surface area contributed by atoms with Crippen LogP contribution < -0.4 is 0 Å². The summed E-state index contributed by atoms with van der Waals surface area (Å²) in [6.07, 6.45) is 21.0. The predicted molar refractivity (Wildman–Crippen MR) is 123 cm³/mol. The largest absolute Gasteiger partial charge is 0.394 e. The molecule has 0 spiro atoms. The van der Waals surface area contributed by atoms with Crippen LogP contribution in [0.1, 0.15) is 103 Å². The summed E-state index contributed by atoms with van der Waals surface area (Å²) in [6.45, 7) is 2.59. The smallest absolute Gasteiger partial charge is 0.114 e. The average molecular weight is 429 g/mol. The fraction of sp³-hybridized carbons (Fsp3) is 0.920. The Morgan fingerprint density at radius 3 is 1.97 bits per heavy atom. The Balaban J connectivity index is 1.86. The van der Waals surface area contributed by atoms with Gasteiger partial charge in [0.1, 0.15) is 24.4 Å². The summed E-state index contributed by atoms with van der Waals surface area (Å²) in [5.74, 6) is 0. The Bertz CT molecular complexity index is 401. The van der Waals surface area contributed by atoms with Gasteiger partial charge in [-0.15, -0.1) is 0 Å². The van der Waals surface area contributed by atoms with Gasteiger partial charge in [-0.25, -0.2) is 0 Å². The average Bonchev–Trinajstić information content (AvgIpc) is 3.12. The first-order valence-corrected chi connectivity index (χ1v) is 12.6. The van der Waals surface area contributed by atoms with Gasteiger partial charge in [-0.1, -0.05) is 83.3 Å². The third-order valence-electron chi connectivity index (χ3n) is 5.95. The lowest BCUT2D eigenvalue weighted by atomic mass is 10.1. The Morgan fingerprint density at radius 1 is 0.867 bits per heavy atom. The number of aliphatic hydroxyl groups is 3. The van der Waals surface area contributed by atoms with Gasteiger partial charge in [0.05, 0.1) is 13.2 Å². The summed E-state index contributed by atoms with van der Waals surface area (Å²) in [5, 5.41) is 28.7. The first kappa shape index (κ1) is 27.6. The standard InChI is InChI=1S/C25H48O5/c1-2-3-4-5-6-7-8-9-10-11-12-13-14-15-16-17-18-19-29-25-23(28)21-30-24(25)22(27)20-26/h11-12,22-28H,2-10,13-21H2,1H3/b12-11+/t22-,23+,24+,25+/m1/s1. The maximum atomic E-state index is 9.90. The van der Waals surface area contributed by atoms with E-state index >= 15 is 0 Å². The van der Waals surface area contributed by atoms with Crippen molar-refractivity contribution in [3.63, 3.8) is 0 Å². The summed E-state index contributed by atoms with van der Waals surface area (Å²) >= 11 is 0. The maximum Gasteiger partial charge on any atom is 0.114 e. The molecule has 0 amide bonds. The van der Waals surface area contributed by atoms with Crippen molar-refractivity contribution in [2.75, 3.05) is 19.8 Å². The quantitative estimate of drug-likeness (QED) is 0.190. The molecule has 0 radical (unpaired) electrons. The topological polar surface area (TPSA) is 79.2 Å². The third-order valence-corrected chi connectivity index (χ3v) is 5.95. The molecule has 1 fully saturated rings. The van der Waals surface area contributed by atoms with Gasteiger partial charge in [-0.2, -0.15) is 0 Å². The van der Waals surface area contributed by atoms with Crippen LogP contribution in [0.25, 0.3) is 0 Å². The summed E-state index contributed by atoms with van der Waals surface area (Å²) in [6, 6.07) is 0. The summed E-state index contributed by atoms with van der Waals surface area (Å²) < 4.78 is 11.0. The molecule has 1 aliphatic rings. The molecule has 30 heavy (non-hydrogen) atoms. The molecular formula is C25H48O5. The molecule has 1 saturated heterocycles. The Morgan fingerprint density at radius 2 is 1.40 bits per heavy atom. The van der Waals surface area contributed by atoms with Crippen LogP contribution in [-0.2, 0) is 9.47 Å². The van der Waals surface area contributed by atoms with E-state index in [1.165, 1.54) is 83.5 Å². The second-order valence-electron chi connectivity index (χ2n) is 8.74. The molecule has 1 heterocycles. The predicted octanol–water partition coefficient (Wildman–Crippen LogP) is 4.91. The van der Waals surface area contributed by atoms with Crippen LogP contribution in [-0.4, -0.2) is 59.6 Å². The zero-order valence-corrected chi connectivity index (χ0v) is 19.4. The van der Waals surface area contributed by atoms with Crippen molar-refractivity contribution in [3.05, 3.63) is 12.2 Å². The van der Waals surface area contributed by atoms with E-state index in [1.807, 2.05) is 0 Å². The number of ether oxygens (including phenoxy) is 2. The third kappa shape index (κ3) is 13.1. The number of allylic oxidation sites excluding steroid dienone is 2. The van der Waals surface area contributed by atoms with Crippen LogP contribution in [0.3, 0.4) is 0 Å². The van der Waals surface area contributed by atoms with Crippen LogP contribution in [0.4, 0.5) is 0 Å². The van der Waals surface area contributed by atoms with E-state index in [1.54, 1.807) is 0 Å². The van der Waals surface area contributed by atoms with Gasteiger partial charge in [0.2, 0.25) is 0 Å². The Labute approximate surface area is 184 Å². The van der Waals surface area contributed by atoms with Crippen molar-refractivity contribution in [3.8, 4) is 0 Å². The first-order chi connectivity index (χ1) is 14.7. The van der Waals surface area contributed by atoms with Crippen LogP contribution in [0.5, 0.6) is 0 Å². The monoisotopic (exact) mass is 428 g/mol. The SMILES string of the molecule is CCCCCCCCCC/C=C/CCCCCCCO[C@@H]1[C@H]([C@H](O)CO)OC[C@@H]1O. The highest BCUT2D eigenvalue weighted by molar-refractivity contribution is 4.89. The highest BCUT2D eigenvalue weighted by atomic mass is 16.6. The summed E-state index contributed by atoms with van der Waals surface area (Å²) in [5.41, 5.74) is 0. The molecule has 0 aliphatic carbocycles. The molecule has 5 nitrogen and oxygen atoms in total. The lowest BCUT2D eigenvalue weighted by Gasteiger charge is -2.23. The number of aliphatic hydroxyl groups excluding tert-OH is 3. The summed E-state index contributed by atoms with van der Waals surface area (Å²) in [7, 11) is 0. The van der Waals surface area contributed by atoms with Crippen LogP contribution in [0.2, 0.25) is 0 Å². The van der Waals surface area contributed by atoms with Gasteiger partial charge in [-0.3, -0.25) is 0 Å². The molecule has 0 unspecified atom stereocenters. The highest BCUT2D eigenvalue weighted by Gasteiger charge is 2.40. The van der Waals surface area contributed by atoms with Crippen molar-refractivity contribution < 1.29 is 24.8 Å².